The molecule has 0 aliphatic carbocycles. The smallest absolute Gasteiger partial charge is 0.331 e. The third-order valence-corrected chi connectivity index (χ3v) is 6.56. The fraction of sp³-hybridized carbons (Fsp3) is 0.867. The molecule has 0 aliphatic heterocycles. The van der Waals surface area contributed by atoms with E-state index < -0.39 is 11.9 Å². The van der Waals surface area contributed by atoms with Crippen molar-refractivity contribution in [3.8, 4) is 0 Å². The van der Waals surface area contributed by atoms with Gasteiger partial charge < -0.3 is 9.47 Å². The molecule has 4 nitrogen and oxygen atoms in total. The molecule has 0 amide bonds. The number of rotatable bonds is 22. The highest BCUT2D eigenvalue weighted by Gasteiger charge is 2.19. The van der Waals surface area contributed by atoms with E-state index in [-0.39, 0.29) is 24.0 Å². The first-order chi connectivity index (χ1) is 16.3. The van der Waals surface area contributed by atoms with Gasteiger partial charge in [-0.2, -0.15) is 0 Å². The zero-order valence-electron chi connectivity index (χ0n) is 23.4. The molecular formula is C30H56O4. The van der Waals surface area contributed by atoms with Crippen LogP contribution in [0, 0.1) is 11.8 Å². The lowest BCUT2D eigenvalue weighted by Crippen LogP contribution is -2.24. The Kier molecular flexibility index (Phi) is 21.3. The molecule has 0 aliphatic rings. The summed E-state index contributed by atoms with van der Waals surface area (Å²) in [7, 11) is 0. The highest BCUT2D eigenvalue weighted by atomic mass is 16.5. The van der Waals surface area contributed by atoms with Crippen molar-refractivity contribution in [2.24, 2.45) is 11.8 Å². The summed E-state index contributed by atoms with van der Waals surface area (Å²) in [5.74, 6) is -0.382. The SMILES string of the molecule is CCCCCCCCCC(OC(=O)/C=C\C(=O)OC(CCCCCCCCC)C(C)C)C(C)C. The number of hydrogen-bond acceptors (Lipinski definition) is 4. The van der Waals surface area contributed by atoms with E-state index in [1.807, 2.05) is 0 Å². The highest BCUT2D eigenvalue weighted by Crippen LogP contribution is 2.18. The average molecular weight is 481 g/mol. The Morgan fingerprint density at radius 2 is 0.824 bits per heavy atom. The van der Waals surface area contributed by atoms with Crippen molar-refractivity contribution >= 4 is 11.9 Å². The third-order valence-electron chi connectivity index (χ3n) is 6.56. The van der Waals surface area contributed by atoms with Gasteiger partial charge in [0.25, 0.3) is 0 Å². The lowest BCUT2D eigenvalue weighted by molar-refractivity contribution is -0.148. The lowest BCUT2D eigenvalue weighted by atomic mass is 9.99. The molecule has 200 valence electrons. The summed E-state index contributed by atoms with van der Waals surface area (Å²) in [4.78, 5) is 24.6. The molecule has 2 atom stereocenters. The van der Waals surface area contributed by atoms with E-state index in [0.717, 1.165) is 25.7 Å². The van der Waals surface area contributed by atoms with Crippen LogP contribution < -0.4 is 0 Å². The van der Waals surface area contributed by atoms with Crippen LogP contribution in [0.5, 0.6) is 0 Å². The second kappa shape index (κ2) is 22.2. The normalized spacial score (nSPS) is 13.5. The number of carbonyl (C=O) groups excluding carboxylic acids is 2. The minimum atomic E-state index is -0.452. The summed E-state index contributed by atoms with van der Waals surface area (Å²) in [6.07, 6.45) is 21.4. The summed E-state index contributed by atoms with van der Waals surface area (Å²) < 4.78 is 11.3. The topological polar surface area (TPSA) is 52.6 Å². The Morgan fingerprint density at radius 3 is 1.12 bits per heavy atom. The molecule has 0 N–H and O–H groups in total. The van der Waals surface area contributed by atoms with Gasteiger partial charge in [-0.1, -0.05) is 119 Å². The number of carbonyl (C=O) groups is 2. The van der Waals surface area contributed by atoms with Crippen LogP contribution in [0.15, 0.2) is 12.2 Å². The van der Waals surface area contributed by atoms with Crippen LogP contribution in [0.1, 0.15) is 144 Å². The second-order valence-electron chi connectivity index (χ2n) is 10.6. The molecular weight excluding hydrogens is 424 g/mol. The lowest BCUT2D eigenvalue weighted by Gasteiger charge is -2.21. The van der Waals surface area contributed by atoms with Crippen molar-refractivity contribution in [1.29, 1.82) is 0 Å². The maximum Gasteiger partial charge on any atom is 0.331 e. The summed E-state index contributed by atoms with van der Waals surface area (Å²) in [6.45, 7) is 12.8. The van der Waals surface area contributed by atoms with Gasteiger partial charge in [-0.25, -0.2) is 9.59 Å². The van der Waals surface area contributed by atoms with Gasteiger partial charge in [0.05, 0.1) is 0 Å². The molecule has 0 rings (SSSR count). The van der Waals surface area contributed by atoms with Crippen molar-refractivity contribution in [3.05, 3.63) is 12.2 Å². The summed E-state index contributed by atoms with van der Waals surface area (Å²) in [5.41, 5.74) is 0. The van der Waals surface area contributed by atoms with Crippen LogP contribution in [-0.4, -0.2) is 24.1 Å². The van der Waals surface area contributed by atoms with E-state index in [2.05, 4.69) is 41.5 Å². The van der Waals surface area contributed by atoms with Crippen LogP contribution >= 0.6 is 0 Å². The van der Waals surface area contributed by atoms with Crippen LogP contribution in [0.2, 0.25) is 0 Å². The highest BCUT2D eigenvalue weighted by molar-refractivity contribution is 5.91. The van der Waals surface area contributed by atoms with Crippen molar-refractivity contribution in [2.45, 2.75) is 156 Å². The molecule has 0 saturated heterocycles. The van der Waals surface area contributed by atoms with E-state index >= 15 is 0 Å². The van der Waals surface area contributed by atoms with Crippen LogP contribution in [0.4, 0.5) is 0 Å². The van der Waals surface area contributed by atoms with Crippen molar-refractivity contribution in [3.63, 3.8) is 0 Å². The molecule has 4 heteroatoms. The van der Waals surface area contributed by atoms with Gasteiger partial charge in [0.1, 0.15) is 12.2 Å². The Balaban J connectivity index is 4.31. The molecule has 0 saturated carbocycles. The maximum atomic E-state index is 12.3. The van der Waals surface area contributed by atoms with E-state index in [4.69, 9.17) is 9.47 Å². The van der Waals surface area contributed by atoms with Gasteiger partial charge in [0, 0.05) is 12.2 Å². The van der Waals surface area contributed by atoms with Crippen molar-refractivity contribution < 1.29 is 19.1 Å². The predicted octanol–water partition coefficient (Wildman–Crippen LogP) is 8.96. The van der Waals surface area contributed by atoms with E-state index in [1.165, 1.54) is 89.2 Å². The molecule has 0 bridgehead atoms. The van der Waals surface area contributed by atoms with Crippen molar-refractivity contribution in [1.82, 2.24) is 0 Å². The first-order valence-corrected chi connectivity index (χ1v) is 14.4. The summed E-state index contributed by atoms with van der Waals surface area (Å²) in [6, 6.07) is 0. The van der Waals surface area contributed by atoms with E-state index in [9.17, 15) is 9.59 Å². The molecule has 0 aromatic carbocycles. The van der Waals surface area contributed by atoms with Gasteiger partial charge in [-0.15, -0.1) is 0 Å². The van der Waals surface area contributed by atoms with Crippen LogP contribution in [0.25, 0.3) is 0 Å². The Labute approximate surface area is 211 Å². The van der Waals surface area contributed by atoms with Gasteiger partial charge in [0.15, 0.2) is 0 Å². The van der Waals surface area contributed by atoms with Crippen LogP contribution in [-0.2, 0) is 19.1 Å². The molecule has 0 heterocycles. The first-order valence-electron chi connectivity index (χ1n) is 14.4. The predicted molar refractivity (Wildman–Crippen MR) is 144 cm³/mol. The quantitative estimate of drug-likeness (QED) is 0.0881. The second-order valence-corrected chi connectivity index (χ2v) is 10.6. The monoisotopic (exact) mass is 480 g/mol. The number of hydrogen-bond donors (Lipinski definition) is 0. The molecule has 0 radical (unpaired) electrons. The zero-order chi connectivity index (χ0) is 25.6. The van der Waals surface area contributed by atoms with Gasteiger partial charge in [-0.3, -0.25) is 0 Å². The summed E-state index contributed by atoms with van der Waals surface area (Å²) in [5, 5.41) is 0. The number of unbranched alkanes of at least 4 members (excludes halogenated alkanes) is 12. The van der Waals surface area contributed by atoms with E-state index in [0.29, 0.717) is 0 Å². The first kappa shape index (κ1) is 32.7. The third kappa shape index (κ3) is 19.0. The fourth-order valence-corrected chi connectivity index (χ4v) is 4.17. The van der Waals surface area contributed by atoms with Crippen LogP contribution in [0.3, 0.4) is 0 Å². The maximum absolute atomic E-state index is 12.3. The van der Waals surface area contributed by atoms with Gasteiger partial charge in [0.2, 0.25) is 0 Å². The Bertz CT molecular complexity index is 478. The molecule has 0 aromatic heterocycles. The number of esters is 2. The standard InChI is InChI=1S/C30H56O4/c1-7-9-11-13-15-17-19-21-27(25(3)4)33-29(31)23-24-30(32)34-28(26(5)6)22-20-18-16-14-12-10-8-2/h23-28H,7-22H2,1-6H3/b24-23-. The minimum Gasteiger partial charge on any atom is -0.459 e. The molecule has 0 aromatic rings. The van der Waals surface area contributed by atoms with Gasteiger partial charge in [-0.05, 0) is 37.5 Å². The van der Waals surface area contributed by atoms with Gasteiger partial charge >= 0.3 is 11.9 Å². The average Bonchev–Trinajstić information content (AvgIpc) is 2.79. The van der Waals surface area contributed by atoms with Crippen molar-refractivity contribution in [2.75, 3.05) is 0 Å². The largest absolute Gasteiger partial charge is 0.459 e. The minimum absolute atomic E-state index is 0.107. The molecule has 0 fully saturated rings. The number of ether oxygens (including phenoxy) is 2. The Hall–Kier alpha value is -1.32. The van der Waals surface area contributed by atoms with E-state index in [1.54, 1.807) is 0 Å². The molecule has 2 unspecified atom stereocenters. The summed E-state index contributed by atoms with van der Waals surface area (Å²) >= 11 is 0. The zero-order valence-corrected chi connectivity index (χ0v) is 23.4. The Morgan fingerprint density at radius 1 is 0.529 bits per heavy atom. The molecule has 34 heavy (non-hydrogen) atoms. The fourth-order valence-electron chi connectivity index (χ4n) is 4.17. The molecule has 0 spiro atoms.